The molecule has 24 heavy (non-hydrogen) atoms. The number of piperidine rings is 1. The van der Waals surface area contributed by atoms with E-state index in [4.69, 9.17) is 12.2 Å². The molecule has 0 bridgehead atoms. The lowest BCUT2D eigenvalue weighted by molar-refractivity contribution is 0.283. The molecule has 1 saturated heterocycles. The van der Waals surface area contributed by atoms with Gasteiger partial charge in [-0.3, -0.25) is 9.97 Å². The fourth-order valence-electron chi connectivity index (χ4n) is 3.30. The third-order valence-electron chi connectivity index (χ3n) is 4.79. The van der Waals surface area contributed by atoms with Crippen LogP contribution in [0.15, 0.2) is 42.7 Å². The van der Waals surface area contributed by atoms with Crippen LogP contribution in [-0.4, -0.2) is 33.1 Å². The van der Waals surface area contributed by atoms with Crippen LogP contribution in [0.4, 0.5) is 5.69 Å². The first-order valence-electron chi connectivity index (χ1n) is 8.41. The molecular formula is C19H20N4S. The van der Waals surface area contributed by atoms with Crippen LogP contribution in [0, 0.1) is 5.92 Å². The maximum atomic E-state index is 5.65. The van der Waals surface area contributed by atoms with Crippen LogP contribution in [0.1, 0.15) is 19.8 Å². The molecule has 0 spiro atoms. The summed E-state index contributed by atoms with van der Waals surface area (Å²) in [5, 5.41) is 6.41. The zero-order chi connectivity index (χ0) is 16.5. The molecule has 3 aromatic rings. The minimum atomic E-state index is 0.782. The van der Waals surface area contributed by atoms with Gasteiger partial charge in [0, 0.05) is 36.3 Å². The van der Waals surface area contributed by atoms with Crippen molar-refractivity contribution in [1.82, 2.24) is 14.9 Å². The molecule has 5 heteroatoms. The topological polar surface area (TPSA) is 41.0 Å². The van der Waals surface area contributed by atoms with Gasteiger partial charge in [-0.1, -0.05) is 19.1 Å². The van der Waals surface area contributed by atoms with E-state index in [1.165, 1.54) is 12.8 Å². The van der Waals surface area contributed by atoms with Crippen LogP contribution >= 0.6 is 12.2 Å². The summed E-state index contributed by atoms with van der Waals surface area (Å²) < 4.78 is 0. The van der Waals surface area contributed by atoms with E-state index in [1.807, 2.05) is 30.6 Å². The molecule has 4 rings (SSSR count). The van der Waals surface area contributed by atoms with Gasteiger partial charge in [0.1, 0.15) is 0 Å². The molecule has 1 aromatic carbocycles. The largest absolute Gasteiger partial charge is 0.349 e. The minimum absolute atomic E-state index is 0.782. The smallest absolute Gasteiger partial charge is 0.173 e. The van der Waals surface area contributed by atoms with Crippen molar-refractivity contribution < 1.29 is 0 Å². The van der Waals surface area contributed by atoms with Gasteiger partial charge in [0.05, 0.1) is 16.7 Å². The molecular weight excluding hydrogens is 316 g/mol. The van der Waals surface area contributed by atoms with E-state index in [2.05, 4.69) is 39.2 Å². The Hall–Kier alpha value is -2.27. The number of aromatic nitrogens is 2. The standard InChI is InChI=1S/C19H20N4S/c1-13-6-10-23(11-7-13)19(24)22-17-12-16-14(4-2-8-20-16)15-5-3-9-21-18(15)17/h2-5,8-9,12-13H,6-7,10-11H2,1H3,(H,22,24). The number of nitrogens with one attached hydrogen (secondary N) is 1. The average Bonchev–Trinajstić information content (AvgIpc) is 2.62. The van der Waals surface area contributed by atoms with Crippen molar-refractivity contribution in [3.05, 3.63) is 42.7 Å². The molecule has 0 saturated carbocycles. The first kappa shape index (κ1) is 15.3. The second-order valence-electron chi connectivity index (χ2n) is 6.49. The fourth-order valence-corrected chi connectivity index (χ4v) is 3.60. The highest BCUT2D eigenvalue weighted by atomic mass is 32.1. The van der Waals surface area contributed by atoms with Gasteiger partial charge in [-0.25, -0.2) is 0 Å². The molecule has 2 aromatic heterocycles. The third kappa shape index (κ3) is 2.80. The van der Waals surface area contributed by atoms with Crippen molar-refractivity contribution in [3.63, 3.8) is 0 Å². The van der Waals surface area contributed by atoms with E-state index in [0.29, 0.717) is 0 Å². The minimum Gasteiger partial charge on any atom is -0.349 e. The summed E-state index contributed by atoms with van der Waals surface area (Å²) in [4.78, 5) is 11.3. The fraction of sp³-hybridized carbons (Fsp3) is 0.316. The van der Waals surface area contributed by atoms with E-state index in [1.54, 1.807) is 0 Å². The predicted octanol–water partition coefficient (Wildman–Crippen LogP) is 4.21. The molecule has 0 aliphatic carbocycles. The number of hydrogen-bond acceptors (Lipinski definition) is 3. The Kier molecular flexibility index (Phi) is 4.02. The highest BCUT2D eigenvalue weighted by Crippen LogP contribution is 2.29. The van der Waals surface area contributed by atoms with E-state index in [-0.39, 0.29) is 0 Å². The summed E-state index contributed by atoms with van der Waals surface area (Å²) in [5.74, 6) is 0.788. The van der Waals surface area contributed by atoms with Gasteiger partial charge in [0.2, 0.25) is 0 Å². The number of fused-ring (bicyclic) bond motifs is 3. The van der Waals surface area contributed by atoms with Crippen LogP contribution in [0.5, 0.6) is 0 Å². The van der Waals surface area contributed by atoms with Crippen LogP contribution in [0.25, 0.3) is 21.8 Å². The Morgan fingerprint density at radius 3 is 2.62 bits per heavy atom. The first-order valence-corrected chi connectivity index (χ1v) is 8.81. The van der Waals surface area contributed by atoms with Crippen molar-refractivity contribution in [2.45, 2.75) is 19.8 Å². The highest BCUT2D eigenvalue weighted by Gasteiger charge is 2.19. The second-order valence-corrected chi connectivity index (χ2v) is 6.88. The number of rotatable bonds is 1. The second kappa shape index (κ2) is 6.32. The van der Waals surface area contributed by atoms with Crippen molar-refractivity contribution in [2.24, 2.45) is 5.92 Å². The lowest BCUT2D eigenvalue weighted by Crippen LogP contribution is -2.40. The zero-order valence-electron chi connectivity index (χ0n) is 13.7. The van der Waals surface area contributed by atoms with Crippen LogP contribution in [0.2, 0.25) is 0 Å². The number of benzene rings is 1. The van der Waals surface area contributed by atoms with E-state index in [0.717, 1.165) is 51.6 Å². The van der Waals surface area contributed by atoms with E-state index in [9.17, 15) is 0 Å². The van der Waals surface area contributed by atoms with Gasteiger partial charge in [-0.2, -0.15) is 0 Å². The quantitative estimate of drug-likeness (QED) is 0.532. The molecule has 1 N–H and O–H groups in total. The SMILES string of the molecule is CC1CCN(C(=S)Nc2cc3ncccc3c3cccnc23)CC1. The molecule has 0 unspecified atom stereocenters. The lowest BCUT2D eigenvalue weighted by atomic mass is 10.00. The molecule has 0 amide bonds. The van der Waals surface area contributed by atoms with Gasteiger partial charge in [0.15, 0.2) is 5.11 Å². The van der Waals surface area contributed by atoms with Crippen LogP contribution < -0.4 is 5.32 Å². The molecule has 1 aliphatic rings. The maximum Gasteiger partial charge on any atom is 0.173 e. The highest BCUT2D eigenvalue weighted by molar-refractivity contribution is 7.80. The van der Waals surface area contributed by atoms with E-state index < -0.39 is 0 Å². The zero-order valence-corrected chi connectivity index (χ0v) is 14.5. The normalized spacial score (nSPS) is 15.8. The van der Waals surface area contributed by atoms with Gasteiger partial charge in [-0.05, 0) is 49.2 Å². The molecule has 1 fully saturated rings. The first-order chi connectivity index (χ1) is 11.7. The van der Waals surface area contributed by atoms with Gasteiger partial charge >= 0.3 is 0 Å². The molecule has 0 radical (unpaired) electrons. The van der Waals surface area contributed by atoms with Crippen molar-refractivity contribution in [1.29, 1.82) is 0 Å². The predicted molar refractivity (Wildman–Crippen MR) is 103 cm³/mol. The molecule has 4 nitrogen and oxygen atoms in total. The lowest BCUT2D eigenvalue weighted by Gasteiger charge is -2.32. The summed E-state index contributed by atoms with van der Waals surface area (Å²) >= 11 is 5.65. The Bertz CT molecular complexity index is 900. The number of likely N-dealkylation sites (tertiary alicyclic amines) is 1. The van der Waals surface area contributed by atoms with Crippen molar-refractivity contribution in [3.8, 4) is 0 Å². The average molecular weight is 336 g/mol. The van der Waals surface area contributed by atoms with Crippen molar-refractivity contribution >= 4 is 44.8 Å². The molecule has 1 aliphatic heterocycles. The summed E-state index contributed by atoms with van der Waals surface area (Å²) in [7, 11) is 0. The van der Waals surface area contributed by atoms with Crippen molar-refractivity contribution in [2.75, 3.05) is 18.4 Å². The van der Waals surface area contributed by atoms with Crippen LogP contribution in [0.3, 0.4) is 0 Å². The number of hydrogen-bond donors (Lipinski definition) is 1. The summed E-state index contributed by atoms with van der Waals surface area (Å²) in [6.45, 7) is 4.34. The number of nitrogens with zero attached hydrogens (tertiary/aromatic N) is 3. The Morgan fingerprint density at radius 1 is 1.12 bits per heavy atom. The number of anilines is 1. The Balaban J connectivity index is 1.71. The Morgan fingerprint density at radius 2 is 1.83 bits per heavy atom. The Labute approximate surface area is 146 Å². The monoisotopic (exact) mass is 336 g/mol. The van der Waals surface area contributed by atoms with Gasteiger partial charge in [0.25, 0.3) is 0 Å². The molecule has 0 atom stereocenters. The van der Waals surface area contributed by atoms with Crippen LogP contribution in [-0.2, 0) is 0 Å². The molecule has 122 valence electrons. The number of pyridine rings is 2. The maximum absolute atomic E-state index is 5.65. The van der Waals surface area contributed by atoms with Gasteiger partial charge in [-0.15, -0.1) is 0 Å². The summed E-state index contributed by atoms with van der Waals surface area (Å²) in [6.07, 6.45) is 6.03. The van der Waals surface area contributed by atoms with Gasteiger partial charge < -0.3 is 10.2 Å². The third-order valence-corrected chi connectivity index (χ3v) is 5.15. The summed E-state index contributed by atoms with van der Waals surface area (Å²) in [5.41, 5.74) is 2.82. The number of thiocarbonyl (C=S) groups is 1. The summed E-state index contributed by atoms with van der Waals surface area (Å²) in [6, 6.07) is 10.1. The van der Waals surface area contributed by atoms with E-state index >= 15 is 0 Å². The molecule has 3 heterocycles.